The van der Waals surface area contributed by atoms with Crippen LogP contribution in [-0.4, -0.2) is 25.4 Å². The van der Waals surface area contributed by atoms with Gasteiger partial charge in [0.05, 0.1) is 6.61 Å². The third-order valence-electron chi connectivity index (χ3n) is 10.9. The van der Waals surface area contributed by atoms with E-state index in [0.29, 0.717) is 6.61 Å². The number of aryl methyl sites for hydroxylation is 2. The molecule has 0 heterocycles. The quantitative estimate of drug-likeness (QED) is 0.196. The van der Waals surface area contributed by atoms with Crippen LogP contribution < -0.4 is 0 Å². The summed E-state index contributed by atoms with van der Waals surface area (Å²) in [6, 6.07) is 23.3. The first-order valence-electron chi connectivity index (χ1n) is 17.3. The van der Waals surface area contributed by atoms with Crippen molar-refractivity contribution >= 4 is 10.8 Å². The number of aliphatic hydroxyl groups is 1. The van der Waals surface area contributed by atoms with Gasteiger partial charge in [-0.3, -0.25) is 0 Å². The zero-order chi connectivity index (χ0) is 29.1. The van der Waals surface area contributed by atoms with Gasteiger partial charge in [-0.25, -0.2) is 0 Å². The van der Waals surface area contributed by atoms with Gasteiger partial charge in [0.1, 0.15) is 0 Å². The van der Waals surface area contributed by atoms with Gasteiger partial charge in [-0.2, -0.15) is 0 Å². The predicted octanol–water partition coefficient (Wildman–Crippen LogP) is 10.1. The Hall–Kier alpha value is -2.16. The van der Waals surface area contributed by atoms with Gasteiger partial charge in [0, 0.05) is 19.6 Å². The van der Waals surface area contributed by atoms with Crippen LogP contribution in [-0.2, 0) is 24.0 Å². The van der Waals surface area contributed by atoms with Crippen LogP contribution in [0.1, 0.15) is 112 Å². The third-order valence-corrected chi connectivity index (χ3v) is 10.9. The molecule has 0 bridgehead atoms. The summed E-state index contributed by atoms with van der Waals surface area (Å²) >= 11 is 0. The zero-order valence-corrected chi connectivity index (χ0v) is 26.5. The smallest absolute Gasteiger partial charge is 0.0515 e. The van der Waals surface area contributed by atoms with Crippen molar-refractivity contribution in [3.63, 3.8) is 0 Å². The number of ether oxygens (including phenoxy) is 1. The first-order valence-corrected chi connectivity index (χ1v) is 17.3. The molecule has 0 radical (unpaired) electrons. The van der Waals surface area contributed by atoms with E-state index in [0.717, 1.165) is 42.9 Å². The van der Waals surface area contributed by atoms with Crippen molar-refractivity contribution in [1.82, 2.24) is 0 Å². The second kappa shape index (κ2) is 16.1. The number of unbranched alkanes of at least 4 members (excludes halogenated alkanes) is 2. The largest absolute Gasteiger partial charge is 0.396 e. The van der Waals surface area contributed by atoms with Crippen LogP contribution in [0, 0.1) is 23.7 Å². The van der Waals surface area contributed by atoms with Gasteiger partial charge in [-0.05, 0) is 114 Å². The van der Waals surface area contributed by atoms with E-state index in [9.17, 15) is 5.11 Å². The number of hydrogen-bond acceptors (Lipinski definition) is 2. The van der Waals surface area contributed by atoms with E-state index in [-0.39, 0.29) is 12.5 Å². The minimum absolute atomic E-state index is 0.155. The molecule has 2 fully saturated rings. The Morgan fingerprint density at radius 2 is 1.31 bits per heavy atom. The molecule has 2 heteroatoms. The van der Waals surface area contributed by atoms with E-state index in [1.807, 2.05) is 0 Å². The molecular formula is C40H56O2. The van der Waals surface area contributed by atoms with Crippen molar-refractivity contribution in [2.24, 2.45) is 23.7 Å². The molecule has 3 aromatic rings. The van der Waals surface area contributed by atoms with E-state index in [4.69, 9.17) is 4.74 Å². The summed E-state index contributed by atoms with van der Waals surface area (Å²) in [6.45, 7) is 3.08. The lowest BCUT2D eigenvalue weighted by atomic mass is 9.68. The standard InChI is InChI=1S/C40H56O2/c1-3-4-5-6-30-9-15-35(16-10-30)37-21-23-38(24-22-37)36-17-11-31(12-18-36)7-8-32-13-19-40-27-33(14-20-39(40)26-32)25-34(28-41)29-42-2/h11-14,17-20,26-27,30,34-35,37-38,41H,3-10,15-16,21-25,28-29H2,1-2H3. The lowest BCUT2D eigenvalue weighted by molar-refractivity contribution is 0.110. The van der Waals surface area contributed by atoms with E-state index in [2.05, 4.69) is 67.6 Å². The highest BCUT2D eigenvalue weighted by atomic mass is 16.5. The van der Waals surface area contributed by atoms with Crippen molar-refractivity contribution in [2.75, 3.05) is 20.3 Å². The van der Waals surface area contributed by atoms with Crippen molar-refractivity contribution in [3.05, 3.63) is 82.9 Å². The van der Waals surface area contributed by atoms with Gasteiger partial charge in [0.2, 0.25) is 0 Å². The van der Waals surface area contributed by atoms with E-state index >= 15 is 0 Å². The van der Waals surface area contributed by atoms with Gasteiger partial charge in [-0.1, -0.05) is 106 Å². The van der Waals surface area contributed by atoms with Crippen LogP contribution in [0.15, 0.2) is 60.7 Å². The highest BCUT2D eigenvalue weighted by Crippen LogP contribution is 2.44. The Bertz CT molecular complexity index is 1200. The maximum absolute atomic E-state index is 9.61. The zero-order valence-electron chi connectivity index (χ0n) is 26.5. The average molecular weight is 569 g/mol. The maximum atomic E-state index is 9.61. The lowest BCUT2D eigenvalue weighted by Gasteiger charge is -2.38. The van der Waals surface area contributed by atoms with Crippen LogP contribution >= 0.6 is 0 Å². The maximum Gasteiger partial charge on any atom is 0.0515 e. The molecule has 1 N–H and O–H groups in total. The highest BCUT2D eigenvalue weighted by Gasteiger charge is 2.31. The van der Waals surface area contributed by atoms with Gasteiger partial charge in [0.15, 0.2) is 0 Å². The molecule has 2 saturated carbocycles. The van der Waals surface area contributed by atoms with Gasteiger partial charge < -0.3 is 9.84 Å². The molecule has 2 aliphatic carbocycles. The second-order valence-corrected chi connectivity index (χ2v) is 13.9. The van der Waals surface area contributed by atoms with Crippen LogP contribution in [0.4, 0.5) is 0 Å². The molecule has 0 amide bonds. The molecule has 0 aliphatic heterocycles. The molecule has 0 saturated heterocycles. The summed E-state index contributed by atoms with van der Waals surface area (Å²) in [6.07, 6.45) is 20.5. The van der Waals surface area contributed by atoms with Gasteiger partial charge in [0.25, 0.3) is 0 Å². The third kappa shape index (κ3) is 8.70. The number of methoxy groups -OCH3 is 1. The number of rotatable bonds is 14. The average Bonchev–Trinajstić information content (AvgIpc) is 3.04. The fourth-order valence-corrected chi connectivity index (χ4v) is 8.17. The van der Waals surface area contributed by atoms with Gasteiger partial charge in [-0.15, -0.1) is 0 Å². The van der Waals surface area contributed by atoms with Crippen LogP contribution in [0.3, 0.4) is 0 Å². The minimum atomic E-state index is 0.155. The first-order chi connectivity index (χ1) is 20.6. The molecule has 0 spiro atoms. The van der Waals surface area contributed by atoms with E-state index in [1.165, 1.54) is 105 Å². The molecule has 2 nitrogen and oxygen atoms in total. The number of fused-ring (bicyclic) bond motifs is 1. The lowest BCUT2D eigenvalue weighted by Crippen LogP contribution is -2.25. The summed E-state index contributed by atoms with van der Waals surface area (Å²) in [7, 11) is 1.70. The molecule has 5 rings (SSSR count). The van der Waals surface area contributed by atoms with Crippen LogP contribution in [0.25, 0.3) is 10.8 Å². The minimum Gasteiger partial charge on any atom is -0.396 e. The summed E-state index contributed by atoms with van der Waals surface area (Å²) < 4.78 is 5.25. The first kappa shape index (κ1) is 31.3. The summed E-state index contributed by atoms with van der Waals surface area (Å²) in [4.78, 5) is 0. The highest BCUT2D eigenvalue weighted by molar-refractivity contribution is 5.83. The molecule has 228 valence electrons. The van der Waals surface area contributed by atoms with E-state index in [1.54, 1.807) is 12.7 Å². The Kier molecular flexibility index (Phi) is 12.0. The number of benzene rings is 3. The number of aliphatic hydroxyl groups excluding tert-OH is 1. The SMILES string of the molecule is CCCCCC1CCC(C2CCC(c3ccc(CCc4ccc5cc(CC(CO)COC)ccc5c4)cc3)CC2)CC1. The normalized spacial score (nSPS) is 23.7. The summed E-state index contributed by atoms with van der Waals surface area (Å²) in [5.74, 6) is 3.98. The fraction of sp³-hybridized carbons (Fsp3) is 0.600. The Morgan fingerprint density at radius 3 is 1.95 bits per heavy atom. The molecule has 2 aliphatic rings. The van der Waals surface area contributed by atoms with Crippen molar-refractivity contribution in [3.8, 4) is 0 Å². The molecule has 1 atom stereocenters. The molecular weight excluding hydrogens is 512 g/mol. The Morgan fingerprint density at radius 1 is 0.714 bits per heavy atom. The fourth-order valence-electron chi connectivity index (χ4n) is 8.17. The van der Waals surface area contributed by atoms with Crippen LogP contribution in [0.2, 0.25) is 0 Å². The summed E-state index contributed by atoms with van der Waals surface area (Å²) in [5, 5.41) is 12.2. The molecule has 0 aromatic heterocycles. The molecule has 1 unspecified atom stereocenters. The predicted molar refractivity (Wildman–Crippen MR) is 178 cm³/mol. The number of hydrogen-bond donors (Lipinski definition) is 1. The van der Waals surface area contributed by atoms with Crippen molar-refractivity contribution < 1.29 is 9.84 Å². The Labute approximate surface area is 256 Å². The van der Waals surface area contributed by atoms with E-state index < -0.39 is 0 Å². The second-order valence-electron chi connectivity index (χ2n) is 13.9. The molecule has 42 heavy (non-hydrogen) atoms. The van der Waals surface area contributed by atoms with Crippen molar-refractivity contribution in [1.29, 1.82) is 0 Å². The topological polar surface area (TPSA) is 29.5 Å². The summed E-state index contributed by atoms with van der Waals surface area (Å²) in [5.41, 5.74) is 5.69. The monoisotopic (exact) mass is 568 g/mol. The Balaban J connectivity index is 1.06. The van der Waals surface area contributed by atoms with Gasteiger partial charge >= 0.3 is 0 Å². The van der Waals surface area contributed by atoms with Crippen molar-refractivity contribution in [2.45, 2.75) is 109 Å². The molecule has 3 aromatic carbocycles. The van der Waals surface area contributed by atoms with Crippen LogP contribution in [0.5, 0.6) is 0 Å².